The van der Waals surface area contributed by atoms with Crippen LogP contribution in [-0.2, 0) is 24.4 Å². The van der Waals surface area contributed by atoms with Gasteiger partial charge in [0.1, 0.15) is 0 Å². The quantitative estimate of drug-likeness (QED) is 0.169. The van der Waals surface area contributed by atoms with E-state index in [1.165, 1.54) is 0 Å². The molecule has 0 saturated carbocycles. The van der Waals surface area contributed by atoms with Crippen molar-refractivity contribution in [3.05, 3.63) is 66.0 Å². The van der Waals surface area contributed by atoms with Gasteiger partial charge in [-0.2, -0.15) is 0 Å². The Morgan fingerprint density at radius 1 is 1.02 bits per heavy atom. The molecule has 1 aromatic heterocycles. The Morgan fingerprint density at radius 2 is 1.77 bits per heavy atom. The number of urea groups is 1. The number of anilines is 3. The lowest BCUT2D eigenvalue weighted by molar-refractivity contribution is -0.112. The second-order valence-corrected chi connectivity index (χ2v) is 10.0. The number of nitrogens with one attached hydrogen (secondary N) is 3. The summed E-state index contributed by atoms with van der Waals surface area (Å²) in [5.41, 5.74) is 15.9. The van der Waals surface area contributed by atoms with E-state index in [4.69, 9.17) is 16.9 Å². The second kappa shape index (κ2) is 13.6. The van der Waals surface area contributed by atoms with Crippen molar-refractivity contribution >= 4 is 34.6 Å². The standard InChI is InChI=1S/C28H38N10O2/c1-2-21(27(31)26(39)16-33-28(40)32-15-20-6-8-22(29)9-7-20)17-38-19-24(34-35-38)18-36-10-12-37(13-11-36)25-5-3-4-23(30)14-25/h3-9,14,19,21,31H,2,10-13,15-18,29-30H2,1H3,(H2,32,33,40)/t21-/m1/s1. The van der Waals surface area contributed by atoms with Gasteiger partial charge in [-0.15, -0.1) is 5.10 Å². The van der Waals surface area contributed by atoms with E-state index in [0.717, 1.165) is 48.8 Å². The van der Waals surface area contributed by atoms with Crippen molar-refractivity contribution in [3.63, 3.8) is 0 Å². The summed E-state index contributed by atoms with van der Waals surface area (Å²) >= 11 is 0. The number of ketones is 1. The largest absolute Gasteiger partial charge is 0.399 e. The van der Waals surface area contributed by atoms with Crippen LogP contribution in [-0.4, -0.2) is 70.1 Å². The smallest absolute Gasteiger partial charge is 0.315 e. The molecule has 4 rings (SSSR count). The van der Waals surface area contributed by atoms with Crippen LogP contribution in [0.25, 0.3) is 0 Å². The minimum Gasteiger partial charge on any atom is -0.399 e. The SMILES string of the molecule is CC[C@H](Cn1cc(CN2CCN(c3cccc(N)c3)CC2)nn1)C(=N)C(=O)CNC(=O)NCc1ccc(N)cc1. The van der Waals surface area contributed by atoms with Gasteiger partial charge < -0.3 is 32.4 Å². The average Bonchev–Trinajstić information content (AvgIpc) is 3.41. The van der Waals surface area contributed by atoms with Crippen LogP contribution >= 0.6 is 0 Å². The van der Waals surface area contributed by atoms with Crippen LogP contribution in [0.4, 0.5) is 21.9 Å². The Labute approximate surface area is 234 Å². The van der Waals surface area contributed by atoms with Crippen molar-refractivity contribution in [1.29, 1.82) is 5.41 Å². The maximum absolute atomic E-state index is 12.6. The van der Waals surface area contributed by atoms with Gasteiger partial charge in [0.25, 0.3) is 0 Å². The maximum atomic E-state index is 12.6. The van der Waals surface area contributed by atoms with Crippen molar-refractivity contribution in [2.24, 2.45) is 5.92 Å². The predicted molar refractivity (Wildman–Crippen MR) is 156 cm³/mol. The summed E-state index contributed by atoms with van der Waals surface area (Å²) in [6.45, 7) is 6.67. The van der Waals surface area contributed by atoms with Crippen molar-refractivity contribution in [2.75, 3.05) is 49.1 Å². The Balaban J connectivity index is 1.19. The number of Topliss-reactive ketones (excluding diaryl/α,β-unsaturated/α-hetero) is 1. The summed E-state index contributed by atoms with van der Waals surface area (Å²) in [5, 5.41) is 22.2. The maximum Gasteiger partial charge on any atom is 0.315 e. The number of hydrogen-bond donors (Lipinski definition) is 5. The van der Waals surface area contributed by atoms with Crippen LogP contribution in [0.5, 0.6) is 0 Å². The molecule has 0 aliphatic carbocycles. The minimum absolute atomic E-state index is 0.0314. The molecule has 0 spiro atoms. The van der Waals surface area contributed by atoms with Crippen LogP contribution in [0.2, 0.25) is 0 Å². The van der Waals surface area contributed by atoms with Crippen LogP contribution in [0, 0.1) is 11.3 Å². The molecule has 1 fully saturated rings. The molecule has 2 heterocycles. The Kier molecular flexibility index (Phi) is 9.68. The van der Waals surface area contributed by atoms with Gasteiger partial charge in [0.2, 0.25) is 0 Å². The molecule has 2 aromatic carbocycles. The van der Waals surface area contributed by atoms with Gasteiger partial charge in [-0.3, -0.25) is 14.4 Å². The number of benzene rings is 2. The minimum atomic E-state index is -0.472. The van der Waals surface area contributed by atoms with E-state index in [0.29, 0.717) is 31.7 Å². The van der Waals surface area contributed by atoms with Crippen LogP contribution in [0.15, 0.2) is 54.7 Å². The third-order valence-corrected chi connectivity index (χ3v) is 7.03. The second-order valence-electron chi connectivity index (χ2n) is 10.0. The lowest BCUT2D eigenvalue weighted by Crippen LogP contribution is -2.46. The predicted octanol–water partition coefficient (Wildman–Crippen LogP) is 1.88. The van der Waals surface area contributed by atoms with Gasteiger partial charge in [-0.05, 0) is 42.3 Å². The summed E-state index contributed by atoms with van der Waals surface area (Å²) in [6.07, 6.45) is 2.47. The molecule has 12 heteroatoms. The summed E-state index contributed by atoms with van der Waals surface area (Å²) in [4.78, 5) is 29.4. The first-order chi connectivity index (χ1) is 19.3. The highest BCUT2D eigenvalue weighted by Crippen LogP contribution is 2.19. The number of nitrogen functional groups attached to an aromatic ring is 2. The number of piperazine rings is 1. The molecule has 3 aromatic rings. The van der Waals surface area contributed by atoms with Gasteiger partial charge in [-0.1, -0.05) is 30.3 Å². The number of carbonyl (C=O) groups excluding carboxylic acids is 2. The molecule has 0 radical (unpaired) electrons. The van der Waals surface area contributed by atoms with Gasteiger partial charge >= 0.3 is 6.03 Å². The molecule has 1 saturated heterocycles. The first-order valence-corrected chi connectivity index (χ1v) is 13.5. The Morgan fingerprint density at radius 3 is 2.48 bits per heavy atom. The number of rotatable bonds is 12. The number of amides is 2. The molecule has 40 heavy (non-hydrogen) atoms. The number of aromatic nitrogens is 3. The molecule has 12 nitrogen and oxygen atoms in total. The molecular formula is C28H38N10O2. The summed E-state index contributed by atoms with van der Waals surface area (Å²) in [5.74, 6) is -0.753. The molecule has 212 valence electrons. The monoisotopic (exact) mass is 546 g/mol. The van der Waals surface area contributed by atoms with Crippen molar-refractivity contribution < 1.29 is 9.59 Å². The van der Waals surface area contributed by atoms with Crippen molar-refractivity contribution in [3.8, 4) is 0 Å². The number of hydrogen-bond acceptors (Lipinski definition) is 9. The van der Waals surface area contributed by atoms with E-state index in [-0.39, 0.29) is 18.2 Å². The fraction of sp³-hybridized carbons (Fsp3) is 0.393. The highest BCUT2D eigenvalue weighted by molar-refractivity contribution is 6.40. The number of nitrogens with zero attached hydrogens (tertiary/aromatic N) is 5. The zero-order chi connectivity index (χ0) is 28.5. The normalized spacial score (nSPS) is 14.5. The molecule has 7 N–H and O–H groups in total. The third kappa shape index (κ3) is 8.03. The molecule has 0 unspecified atom stereocenters. The Hall–Kier alpha value is -4.45. The molecule has 1 atom stereocenters. The molecule has 1 aliphatic rings. The highest BCUT2D eigenvalue weighted by Gasteiger charge is 2.22. The van der Waals surface area contributed by atoms with Crippen LogP contribution < -0.4 is 27.0 Å². The van der Waals surface area contributed by atoms with Crippen molar-refractivity contribution in [1.82, 2.24) is 30.5 Å². The first kappa shape index (κ1) is 28.6. The lowest BCUT2D eigenvalue weighted by atomic mass is 9.97. The van der Waals surface area contributed by atoms with Crippen molar-refractivity contribution in [2.45, 2.75) is 33.0 Å². The third-order valence-electron chi connectivity index (χ3n) is 7.03. The van der Waals surface area contributed by atoms with Crippen LogP contribution in [0.1, 0.15) is 24.6 Å². The van der Waals surface area contributed by atoms with Gasteiger partial charge in [-0.25, -0.2) is 4.79 Å². The highest BCUT2D eigenvalue weighted by atomic mass is 16.2. The van der Waals surface area contributed by atoms with E-state index in [1.54, 1.807) is 16.8 Å². The van der Waals surface area contributed by atoms with Gasteiger partial charge in [0.05, 0.1) is 24.5 Å². The van der Waals surface area contributed by atoms with E-state index in [9.17, 15) is 9.59 Å². The van der Waals surface area contributed by atoms with Crippen LogP contribution in [0.3, 0.4) is 0 Å². The Bertz CT molecular complexity index is 1300. The van der Waals surface area contributed by atoms with Gasteiger partial charge in [0, 0.05) is 68.4 Å². The topological polar surface area (TPSA) is 171 Å². The van der Waals surface area contributed by atoms with E-state index in [2.05, 4.69) is 36.8 Å². The average molecular weight is 547 g/mol. The first-order valence-electron chi connectivity index (χ1n) is 13.5. The molecule has 2 amide bonds. The fourth-order valence-corrected chi connectivity index (χ4v) is 4.63. The van der Waals surface area contributed by atoms with Gasteiger partial charge in [0.15, 0.2) is 5.78 Å². The lowest BCUT2D eigenvalue weighted by Gasteiger charge is -2.35. The van der Waals surface area contributed by atoms with E-state index < -0.39 is 11.8 Å². The fourth-order valence-electron chi connectivity index (χ4n) is 4.63. The summed E-state index contributed by atoms with van der Waals surface area (Å²) in [6, 6.07) is 14.6. The molecular weight excluding hydrogens is 508 g/mol. The summed E-state index contributed by atoms with van der Waals surface area (Å²) in [7, 11) is 0. The zero-order valence-corrected chi connectivity index (χ0v) is 22.8. The summed E-state index contributed by atoms with van der Waals surface area (Å²) < 4.78 is 1.70. The van der Waals surface area contributed by atoms with E-state index >= 15 is 0 Å². The number of carbonyl (C=O) groups is 2. The molecule has 0 bridgehead atoms. The molecule has 1 aliphatic heterocycles. The zero-order valence-electron chi connectivity index (χ0n) is 22.8. The number of nitrogens with two attached hydrogens (primary N) is 2. The van der Waals surface area contributed by atoms with E-state index in [1.807, 2.05) is 43.5 Å².